The zero-order chi connectivity index (χ0) is 24.0. The maximum atomic E-state index is 13.3. The van der Waals surface area contributed by atoms with E-state index in [4.69, 9.17) is 9.84 Å². The first-order valence-electron chi connectivity index (χ1n) is 12.6. The average Bonchev–Trinajstić information content (AvgIpc) is 3.28. The van der Waals surface area contributed by atoms with Crippen LogP contribution in [0, 0.1) is 5.41 Å². The number of methoxy groups -OCH3 is 1. The summed E-state index contributed by atoms with van der Waals surface area (Å²) >= 11 is 0. The first-order chi connectivity index (χ1) is 17.0. The zero-order valence-electron chi connectivity index (χ0n) is 20.3. The van der Waals surface area contributed by atoms with E-state index in [2.05, 4.69) is 42.6 Å². The number of carbonyl (C=O) groups is 1. The molecule has 178 valence electrons. The number of carbonyl (C=O) groups excluding carboxylic acids is 1. The molecule has 2 saturated carbocycles. The van der Waals surface area contributed by atoms with Crippen molar-refractivity contribution in [2.45, 2.75) is 51.1 Å². The predicted molar refractivity (Wildman–Crippen MR) is 139 cm³/mol. The monoisotopic (exact) mass is 465 g/mol. The van der Waals surface area contributed by atoms with Gasteiger partial charge in [0.1, 0.15) is 5.75 Å². The predicted octanol–water partition coefficient (Wildman–Crippen LogP) is 6.38. The summed E-state index contributed by atoms with van der Waals surface area (Å²) in [5.41, 5.74) is 5.53. The third-order valence-corrected chi connectivity index (χ3v) is 8.13. The topological polar surface area (TPSA) is 56.2 Å². The van der Waals surface area contributed by atoms with Gasteiger partial charge in [-0.25, -0.2) is 0 Å². The van der Waals surface area contributed by atoms with Crippen LogP contribution in [0.1, 0.15) is 61.0 Å². The minimum atomic E-state index is -0.0113. The number of nitrogens with one attached hydrogen (secondary N) is 1. The van der Waals surface area contributed by atoms with Gasteiger partial charge in [-0.3, -0.25) is 9.48 Å². The highest BCUT2D eigenvalue weighted by Crippen LogP contribution is 2.55. The Balaban J connectivity index is 1.25. The van der Waals surface area contributed by atoms with Gasteiger partial charge in [-0.2, -0.15) is 5.10 Å². The molecule has 1 spiro atoms. The number of amides is 1. The Kier molecular flexibility index (Phi) is 5.36. The second kappa shape index (κ2) is 8.56. The van der Waals surface area contributed by atoms with Crippen LogP contribution in [0.4, 0.5) is 0 Å². The molecule has 4 aromatic rings. The van der Waals surface area contributed by atoms with Crippen LogP contribution >= 0.6 is 0 Å². The van der Waals surface area contributed by atoms with E-state index < -0.39 is 0 Å². The van der Waals surface area contributed by atoms with Crippen LogP contribution in [0.25, 0.3) is 22.0 Å². The van der Waals surface area contributed by atoms with Gasteiger partial charge in [0.25, 0.3) is 5.91 Å². The molecule has 1 heterocycles. The molecule has 3 aromatic carbocycles. The lowest BCUT2D eigenvalue weighted by molar-refractivity contribution is -0.000604. The zero-order valence-corrected chi connectivity index (χ0v) is 20.3. The van der Waals surface area contributed by atoms with Gasteiger partial charge in [0.2, 0.25) is 0 Å². The van der Waals surface area contributed by atoms with Crippen LogP contribution in [0.5, 0.6) is 5.75 Å². The molecule has 5 heteroatoms. The number of hydrogen-bond donors (Lipinski definition) is 1. The lowest BCUT2D eigenvalue weighted by Gasteiger charge is -2.54. The summed E-state index contributed by atoms with van der Waals surface area (Å²) in [6.07, 6.45) is 8.12. The van der Waals surface area contributed by atoms with Gasteiger partial charge >= 0.3 is 0 Å². The molecule has 1 N–H and O–H groups in total. The minimum absolute atomic E-state index is 0.0112. The molecule has 1 atom stereocenters. The Morgan fingerprint density at radius 1 is 1.06 bits per heavy atom. The molecule has 2 fully saturated rings. The second-order valence-electron chi connectivity index (χ2n) is 10.3. The molecule has 35 heavy (non-hydrogen) atoms. The molecule has 1 unspecified atom stereocenters. The number of rotatable bonds is 6. The van der Waals surface area contributed by atoms with E-state index in [9.17, 15) is 4.79 Å². The van der Waals surface area contributed by atoms with Crippen molar-refractivity contribution in [3.63, 3.8) is 0 Å². The summed E-state index contributed by atoms with van der Waals surface area (Å²) in [6, 6.07) is 22.8. The van der Waals surface area contributed by atoms with Crippen LogP contribution < -0.4 is 10.1 Å². The smallest absolute Gasteiger partial charge is 0.253 e. The molecule has 1 amide bonds. The number of nitrogens with zero attached hydrogens (tertiary/aromatic N) is 2. The van der Waals surface area contributed by atoms with Crippen LogP contribution in [-0.4, -0.2) is 28.8 Å². The Labute approximate surface area is 206 Å². The van der Waals surface area contributed by atoms with E-state index in [0.29, 0.717) is 17.0 Å². The van der Waals surface area contributed by atoms with E-state index in [1.807, 2.05) is 47.3 Å². The van der Waals surface area contributed by atoms with E-state index in [0.717, 1.165) is 46.2 Å². The molecule has 2 aliphatic rings. The van der Waals surface area contributed by atoms with Crippen molar-refractivity contribution in [2.24, 2.45) is 5.41 Å². The second-order valence-corrected chi connectivity index (χ2v) is 10.3. The van der Waals surface area contributed by atoms with E-state index >= 15 is 0 Å². The summed E-state index contributed by atoms with van der Waals surface area (Å²) in [4.78, 5) is 13.3. The van der Waals surface area contributed by atoms with E-state index in [-0.39, 0.29) is 11.9 Å². The molecule has 0 saturated heterocycles. The maximum absolute atomic E-state index is 13.3. The summed E-state index contributed by atoms with van der Waals surface area (Å²) < 4.78 is 7.35. The number of fused-ring (bicyclic) bond motifs is 1. The van der Waals surface area contributed by atoms with Gasteiger partial charge in [0.05, 0.1) is 30.4 Å². The molecule has 0 radical (unpaired) electrons. The molecule has 5 nitrogen and oxygen atoms in total. The van der Waals surface area contributed by atoms with Gasteiger partial charge in [-0.15, -0.1) is 0 Å². The molecule has 2 aliphatic carbocycles. The van der Waals surface area contributed by atoms with Crippen LogP contribution in [-0.2, 0) is 0 Å². The first kappa shape index (κ1) is 21.9. The van der Waals surface area contributed by atoms with Crippen LogP contribution in [0.3, 0.4) is 0 Å². The summed E-state index contributed by atoms with van der Waals surface area (Å²) in [6.45, 7) is 2.13. The van der Waals surface area contributed by atoms with Crippen LogP contribution in [0.2, 0.25) is 0 Å². The number of para-hydroxylation sites is 1. The van der Waals surface area contributed by atoms with Crippen molar-refractivity contribution < 1.29 is 9.53 Å². The molecule has 6 rings (SSSR count). The highest BCUT2D eigenvalue weighted by molar-refractivity contribution is 6.05. The lowest BCUT2D eigenvalue weighted by atomic mass is 9.54. The largest absolute Gasteiger partial charge is 0.497 e. The summed E-state index contributed by atoms with van der Waals surface area (Å²) in [5, 5.41) is 8.97. The molecule has 1 aromatic heterocycles. The normalized spacial score (nSPS) is 17.5. The minimum Gasteiger partial charge on any atom is -0.497 e. The number of benzene rings is 3. The van der Waals surface area contributed by atoms with E-state index in [1.54, 1.807) is 7.11 Å². The fraction of sp³-hybridized carbons (Fsp3) is 0.333. The summed E-state index contributed by atoms with van der Waals surface area (Å²) in [7, 11) is 1.68. The van der Waals surface area contributed by atoms with Crippen molar-refractivity contribution in [1.82, 2.24) is 15.1 Å². The fourth-order valence-corrected chi connectivity index (χ4v) is 5.91. The van der Waals surface area contributed by atoms with Gasteiger partial charge in [-0.05, 0) is 72.9 Å². The van der Waals surface area contributed by atoms with Crippen molar-refractivity contribution in [3.05, 3.63) is 84.1 Å². The number of aromatic nitrogens is 2. The molecular weight excluding hydrogens is 434 g/mol. The van der Waals surface area contributed by atoms with Crippen molar-refractivity contribution in [3.8, 4) is 16.9 Å². The SMILES string of the molecule is COc1cccc(-c2ccc(C(C)n3ncc4cccc(C(=O)NC5CC6(CCC6)C5)c43)cc2)c1. The molecule has 0 aliphatic heterocycles. The Hall–Kier alpha value is -3.60. The highest BCUT2D eigenvalue weighted by Gasteiger charge is 2.48. The van der Waals surface area contributed by atoms with Gasteiger partial charge in [0.15, 0.2) is 0 Å². The molecule has 0 bridgehead atoms. The van der Waals surface area contributed by atoms with Crippen molar-refractivity contribution in [2.75, 3.05) is 7.11 Å². The number of ether oxygens (including phenoxy) is 1. The first-order valence-corrected chi connectivity index (χ1v) is 12.6. The average molecular weight is 466 g/mol. The Bertz CT molecular complexity index is 1380. The van der Waals surface area contributed by atoms with Crippen molar-refractivity contribution in [1.29, 1.82) is 0 Å². The van der Waals surface area contributed by atoms with Gasteiger partial charge < -0.3 is 10.1 Å². The molecular formula is C30H31N3O2. The van der Waals surface area contributed by atoms with Crippen molar-refractivity contribution >= 4 is 16.8 Å². The van der Waals surface area contributed by atoms with Gasteiger partial charge in [0, 0.05) is 11.4 Å². The fourth-order valence-electron chi connectivity index (χ4n) is 5.91. The summed E-state index contributed by atoms with van der Waals surface area (Å²) in [5.74, 6) is 0.857. The Morgan fingerprint density at radius 3 is 2.54 bits per heavy atom. The Morgan fingerprint density at radius 2 is 1.83 bits per heavy atom. The maximum Gasteiger partial charge on any atom is 0.253 e. The van der Waals surface area contributed by atoms with Crippen LogP contribution in [0.15, 0.2) is 72.9 Å². The quantitative estimate of drug-likeness (QED) is 0.359. The number of hydrogen-bond acceptors (Lipinski definition) is 3. The lowest BCUT2D eigenvalue weighted by Crippen LogP contribution is -2.53. The third-order valence-electron chi connectivity index (χ3n) is 8.13. The third kappa shape index (κ3) is 3.89. The van der Waals surface area contributed by atoms with Gasteiger partial charge in [-0.1, -0.05) is 55.0 Å². The van der Waals surface area contributed by atoms with E-state index in [1.165, 1.54) is 19.3 Å². The standard InChI is InChI=1S/C30H31N3O2/c1-20(21-10-12-22(13-11-21)23-6-3-8-26(16-23)35-2)33-28-24(19-31-33)7-4-9-27(28)29(34)32-25-17-30(18-25)14-5-15-30/h3-4,6-13,16,19-20,25H,5,14-15,17-18H2,1-2H3,(H,32,34). The highest BCUT2D eigenvalue weighted by atomic mass is 16.5.